The van der Waals surface area contributed by atoms with Crippen LogP contribution in [0, 0.1) is 0 Å². The van der Waals surface area contributed by atoms with E-state index >= 15 is 0 Å². The van der Waals surface area contributed by atoms with Crippen LogP contribution in [-0.2, 0) is 16.8 Å². The molecule has 0 unspecified atom stereocenters. The van der Waals surface area contributed by atoms with Gasteiger partial charge in [-0.15, -0.1) is 5.10 Å². The molecular weight excluding hydrogens is 336 g/mol. The summed E-state index contributed by atoms with van der Waals surface area (Å²) in [7, 11) is 0. The lowest BCUT2D eigenvalue weighted by atomic mass is 9.72. The second-order valence-electron chi connectivity index (χ2n) is 7.59. The summed E-state index contributed by atoms with van der Waals surface area (Å²) in [6, 6.07) is 19.2. The normalized spacial score (nSPS) is 25.5. The van der Waals surface area contributed by atoms with E-state index in [-0.39, 0.29) is 17.4 Å². The summed E-state index contributed by atoms with van der Waals surface area (Å²) in [5.41, 5.74) is 4.48. The van der Waals surface area contributed by atoms with Gasteiger partial charge in [0.1, 0.15) is 5.84 Å². The Morgan fingerprint density at radius 3 is 2.63 bits per heavy atom. The second kappa shape index (κ2) is 5.78. The fourth-order valence-electron chi connectivity index (χ4n) is 5.08. The maximum Gasteiger partial charge on any atom is 0.224 e. The number of para-hydroxylation sites is 1. The SMILES string of the molecule is CC(=O)N1CC[C@@]23C1=NN=C(C)[C@@H]2N(Cc1ccccc1)c1ccccc13. The Morgan fingerprint density at radius 1 is 1.11 bits per heavy atom. The van der Waals surface area contributed by atoms with Gasteiger partial charge in [0, 0.05) is 25.7 Å². The lowest BCUT2D eigenvalue weighted by Gasteiger charge is -2.38. The van der Waals surface area contributed by atoms with Crippen LogP contribution >= 0.6 is 0 Å². The molecule has 1 fully saturated rings. The molecule has 1 amide bonds. The summed E-state index contributed by atoms with van der Waals surface area (Å²) < 4.78 is 0. The monoisotopic (exact) mass is 358 g/mol. The summed E-state index contributed by atoms with van der Waals surface area (Å²) in [6.45, 7) is 5.18. The molecule has 2 aromatic carbocycles. The molecule has 2 aromatic rings. The van der Waals surface area contributed by atoms with E-state index in [1.165, 1.54) is 16.8 Å². The first-order valence-electron chi connectivity index (χ1n) is 9.44. The minimum atomic E-state index is -0.289. The smallest absolute Gasteiger partial charge is 0.224 e. The van der Waals surface area contributed by atoms with Crippen LogP contribution in [0.3, 0.4) is 0 Å². The maximum absolute atomic E-state index is 12.2. The zero-order valence-electron chi connectivity index (χ0n) is 15.6. The summed E-state index contributed by atoms with van der Waals surface area (Å²) >= 11 is 0. The van der Waals surface area contributed by atoms with Gasteiger partial charge in [0.05, 0.1) is 17.2 Å². The van der Waals surface area contributed by atoms with Crippen LogP contribution in [0.2, 0.25) is 0 Å². The number of fused-ring (bicyclic) bond motifs is 1. The van der Waals surface area contributed by atoms with E-state index in [2.05, 4.69) is 70.6 Å². The van der Waals surface area contributed by atoms with Crippen molar-refractivity contribution in [2.24, 2.45) is 10.2 Å². The van der Waals surface area contributed by atoms with Crippen LogP contribution in [0.1, 0.15) is 31.4 Å². The fraction of sp³-hybridized carbons (Fsp3) is 0.318. The average Bonchev–Trinajstić information content (AvgIpc) is 3.20. The molecule has 3 heterocycles. The number of hydrogen-bond donors (Lipinski definition) is 0. The van der Waals surface area contributed by atoms with Gasteiger partial charge in [-0.05, 0) is 30.5 Å². The Balaban J connectivity index is 1.68. The number of amides is 1. The molecule has 5 heteroatoms. The summed E-state index contributed by atoms with van der Waals surface area (Å²) in [4.78, 5) is 16.5. The molecule has 2 atom stereocenters. The number of carbonyl (C=O) groups excluding carboxylic acids is 1. The minimum Gasteiger partial charge on any atom is -0.357 e. The Bertz CT molecular complexity index is 981. The predicted molar refractivity (Wildman–Crippen MR) is 107 cm³/mol. The van der Waals surface area contributed by atoms with Crippen molar-refractivity contribution in [1.29, 1.82) is 0 Å². The molecule has 0 aliphatic carbocycles. The van der Waals surface area contributed by atoms with Crippen LogP contribution in [0.25, 0.3) is 0 Å². The number of carbonyl (C=O) groups is 1. The van der Waals surface area contributed by atoms with Crippen molar-refractivity contribution in [3.8, 4) is 0 Å². The van der Waals surface area contributed by atoms with E-state index in [0.717, 1.165) is 24.5 Å². The number of rotatable bonds is 2. The number of likely N-dealkylation sites (tertiary alicyclic amines) is 1. The maximum atomic E-state index is 12.2. The van der Waals surface area contributed by atoms with E-state index in [1.54, 1.807) is 6.92 Å². The van der Waals surface area contributed by atoms with Gasteiger partial charge in [0.2, 0.25) is 5.91 Å². The van der Waals surface area contributed by atoms with Gasteiger partial charge in [-0.25, -0.2) is 0 Å². The molecule has 1 spiro atoms. The van der Waals surface area contributed by atoms with Crippen LogP contribution in [0.4, 0.5) is 5.69 Å². The molecule has 0 saturated carbocycles. The van der Waals surface area contributed by atoms with Gasteiger partial charge in [0.15, 0.2) is 0 Å². The molecule has 0 bridgehead atoms. The van der Waals surface area contributed by atoms with E-state index in [9.17, 15) is 4.79 Å². The standard InChI is InChI=1S/C22H22N4O/c1-15-20-22(12-13-25(16(2)27)21(22)24-23-15)18-10-6-7-11-19(18)26(20)14-17-8-4-3-5-9-17/h3-11,20H,12-14H2,1-2H3/t20-,22-/m0/s1. The number of anilines is 1. The van der Waals surface area contributed by atoms with Gasteiger partial charge in [-0.3, -0.25) is 9.69 Å². The second-order valence-corrected chi connectivity index (χ2v) is 7.59. The Hall–Kier alpha value is -2.95. The van der Waals surface area contributed by atoms with Crippen molar-refractivity contribution in [3.05, 3.63) is 65.7 Å². The lowest BCUT2D eigenvalue weighted by Crippen LogP contribution is -2.55. The molecule has 136 valence electrons. The first-order chi connectivity index (χ1) is 13.1. The first kappa shape index (κ1) is 16.2. The third-order valence-corrected chi connectivity index (χ3v) is 6.13. The molecule has 27 heavy (non-hydrogen) atoms. The molecule has 0 aromatic heterocycles. The van der Waals surface area contributed by atoms with Gasteiger partial charge < -0.3 is 4.90 Å². The topological polar surface area (TPSA) is 48.3 Å². The van der Waals surface area contributed by atoms with E-state index in [1.807, 2.05) is 11.0 Å². The fourth-order valence-corrected chi connectivity index (χ4v) is 5.08. The average molecular weight is 358 g/mol. The Labute approximate surface area is 159 Å². The van der Waals surface area contributed by atoms with Crippen molar-refractivity contribution in [1.82, 2.24) is 4.90 Å². The third kappa shape index (κ3) is 2.14. The zero-order valence-corrected chi connectivity index (χ0v) is 15.6. The van der Waals surface area contributed by atoms with Crippen LogP contribution in [-0.4, -0.2) is 34.9 Å². The van der Waals surface area contributed by atoms with E-state index in [0.29, 0.717) is 6.54 Å². The molecule has 3 aliphatic heterocycles. The minimum absolute atomic E-state index is 0.0399. The predicted octanol–water partition coefficient (Wildman–Crippen LogP) is 3.35. The third-order valence-electron chi connectivity index (χ3n) is 6.13. The van der Waals surface area contributed by atoms with Crippen LogP contribution in [0.5, 0.6) is 0 Å². The Kier molecular flexibility index (Phi) is 3.47. The molecule has 0 N–H and O–H groups in total. The number of nitrogens with zero attached hydrogens (tertiary/aromatic N) is 4. The number of amidine groups is 1. The lowest BCUT2D eigenvalue weighted by molar-refractivity contribution is -0.124. The molecule has 0 radical (unpaired) electrons. The van der Waals surface area contributed by atoms with Crippen molar-refractivity contribution >= 4 is 23.1 Å². The summed E-state index contributed by atoms with van der Waals surface area (Å²) in [5.74, 6) is 0.853. The van der Waals surface area contributed by atoms with Crippen molar-refractivity contribution in [2.45, 2.75) is 38.3 Å². The van der Waals surface area contributed by atoms with Gasteiger partial charge in [-0.2, -0.15) is 5.10 Å². The molecule has 5 rings (SSSR count). The molecule has 1 saturated heterocycles. The van der Waals surface area contributed by atoms with Gasteiger partial charge in [-0.1, -0.05) is 48.5 Å². The van der Waals surface area contributed by atoms with Crippen LogP contribution < -0.4 is 4.90 Å². The number of hydrogen-bond acceptors (Lipinski definition) is 4. The van der Waals surface area contributed by atoms with E-state index < -0.39 is 0 Å². The quantitative estimate of drug-likeness (QED) is 0.827. The Morgan fingerprint density at radius 2 is 1.85 bits per heavy atom. The zero-order chi connectivity index (χ0) is 18.6. The van der Waals surface area contributed by atoms with Gasteiger partial charge >= 0.3 is 0 Å². The molecular formula is C22H22N4O. The molecule has 5 nitrogen and oxygen atoms in total. The summed E-state index contributed by atoms with van der Waals surface area (Å²) in [6.07, 6.45) is 0.880. The highest BCUT2D eigenvalue weighted by Gasteiger charge is 2.61. The molecule has 3 aliphatic rings. The van der Waals surface area contributed by atoms with Crippen LogP contribution in [0.15, 0.2) is 64.8 Å². The highest BCUT2D eigenvalue weighted by atomic mass is 16.2. The summed E-state index contributed by atoms with van der Waals surface area (Å²) in [5, 5.41) is 9.02. The van der Waals surface area contributed by atoms with Crippen molar-refractivity contribution in [3.63, 3.8) is 0 Å². The van der Waals surface area contributed by atoms with Crippen molar-refractivity contribution < 1.29 is 4.79 Å². The first-order valence-corrected chi connectivity index (χ1v) is 9.44. The van der Waals surface area contributed by atoms with E-state index in [4.69, 9.17) is 0 Å². The van der Waals surface area contributed by atoms with Crippen molar-refractivity contribution in [2.75, 3.05) is 11.4 Å². The highest BCUT2D eigenvalue weighted by molar-refractivity contribution is 6.14. The number of benzene rings is 2. The largest absolute Gasteiger partial charge is 0.357 e. The van der Waals surface area contributed by atoms with Gasteiger partial charge in [0.25, 0.3) is 0 Å². The highest BCUT2D eigenvalue weighted by Crippen LogP contribution is 2.53.